The molecule has 0 aliphatic heterocycles. The van der Waals surface area contributed by atoms with E-state index in [1.807, 2.05) is 43.1 Å². The largest absolute Gasteiger partial charge is 0.339 e. The number of hydrogen-bond acceptors (Lipinski definition) is 6. The Labute approximate surface area is 121 Å². The predicted octanol–water partition coefficient (Wildman–Crippen LogP) is 3.20. The zero-order valence-electron chi connectivity index (χ0n) is 11.3. The lowest BCUT2D eigenvalue weighted by Crippen LogP contribution is -2.34. The number of thiophene rings is 1. The average Bonchev–Trinajstić information content (AvgIpc) is 2.97. The summed E-state index contributed by atoms with van der Waals surface area (Å²) in [6.45, 7) is 4.09. The monoisotopic (exact) mass is 297 g/mol. The van der Waals surface area contributed by atoms with E-state index in [0.717, 1.165) is 35.1 Å². The molecule has 2 aromatic heterocycles. The summed E-state index contributed by atoms with van der Waals surface area (Å²) in [5, 5.41) is 6.00. The molecule has 0 saturated heterocycles. The molecule has 0 aliphatic rings. The lowest BCUT2D eigenvalue weighted by molar-refractivity contribution is 0.378. The number of aryl methyl sites for hydroxylation is 1. The van der Waals surface area contributed by atoms with Gasteiger partial charge in [0.05, 0.1) is 4.88 Å². The molecule has 0 spiro atoms. The van der Waals surface area contributed by atoms with E-state index in [0.29, 0.717) is 5.82 Å². The highest BCUT2D eigenvalue weighted by molar-refractivity contribution is 7.99. The first-order chi connectivity index (χ1) is 9.04. The summed E-state index contributed by atoms with van der Waals surface area (Å²) in [4.78, 5) is 5.45. The summed E-state index contributed by atoms with van der Waals surface area (Å²) >= 11 is 3.49. The van der Waals surface area contributed by atoms with Crippen molar-refractivity contribution in [3.63, 3.8) is 0 Å². The third kappa shape index (κ3) is 4.97. The molecule has 2 rings (SSSR count). The smallest absolute Gasteiger partial charge is 0.227 e. The van der Waals surface area contributed by atoms with Gasteiger partial charge in [-0.1, -0.05) is 11.2 Å². The number of nitrogens with two attached hydrogens (primary N) is 1. The van der Waals surface area contributed by atoms with E-state index in [1.165, 1.54) is 0 Å². The van der Waals surface area contributed by atoms with E-state index < -0.39 is 0 Å². The second kappa shape index (κ2) is 6.54. The van der Waals surface area contributed by atoms with E-state index in [2.05, 4.69) is 10.1 Å². The zero-order valence-corrected chi connectivity index (χ0v) is 12.9. The lowest BCUT2D eigenvalue weighted by Gasteiger charge is -2.17. The number of hydrogen-bond donors (Lipinski definition) is 1. The topological polar surface area (TPSA) is 64.9 Å². The van der Waals surface area contributed by atoms with Crippen molar-refractivity contribution in [2.24, 2.45) is 5.73 Å². The van der Waals surface area contributed by atoms with Crippen LogP contribution in [0.5, 0.6) is 0 Å². The Morgan fingerprint density at radius 2 is 2.32 bits per heavy atom. The Hall–Kier alpha value is -0.850. The van der Waals surface area contributed by atoms with Crippen LogP contribution < -0.4 is 5.73 Å². The highest BCUT2D eigenvalue weighted by Gasteiger charge is 2.11. The molecule has 2 N–H and O–H groups in total. The van der Waals surface area contributed by atoms with Gasteiger partial charge in [0.15, 0.2) is 0 Å². The first-order valence-electron chi connectivity index (χ1n) is 6.28. The Morgan fingerprint density at radius 1 is 1.47 bits per heavy atom. The number of thioether (sulfide) groups is 1. The van der Waals surface area contributed by atoms with Crippen LogP contribution in [0.2, 0.25) is 0 Å². The average molecular weight is 297 g/mol. The fourth-order valence-electron chi connectivity index (χ4n) is 1.52. The highest BCUT2D eigenvalue weighted by Crippen LogP contribution is 2.21. The van der Waals surface area contributed by atoms with Gasteiger partial charge in [0, 0.05) is 17.7 Å². The highest BCUT2D eigenvalue weighted by atomic mass is 32.2. The molecule has 0 aromatic carbocycles. The predicted molar refractivity (Wildman–Crippen MR) is 81.5 cm³/mol. The summed E-state index contributed by atoms with van der Waals surface area (Å²) < 4.78 is 5.25. The summed E-state index contributed by atoms with van der Waals surface area (Å²) in [6, 6.07) is 3.99. The Kier molecular flexibility index (Phi) is 5.01. The number of nitrogens with zero attached hydrogens (tertiary/aromatic N) is 2. The minimum Gasteiger partial charge on any atom is -0.339 e. The SMILES string of the molecule is CC(C)(N)CSCCCc1nc(-c2cccs2)no1. The van der Waals surface area contributed by atoms with E-state index in [-0.39, 0.29) is 5.54 Å². The van der Waals surface area contributed by atoms with E-state index in [4.69, 9.17) is 10.3 Å². The van der Waals surface area contributed by atoms with Crippen molar-refractivity contribution in [2.75, 3.05) is 11.5 Å². The van der Waals surface area contributed by atoms with Crippen molar-refractivity contribution in [3.05, 3.63) is 23.4 Å². The van der Waals surface area contributed by atoms with Crippen molar-refractivity contribution in [1.82, 2.24) is 10.1 Å². The van der Waals surface area contributed by atoms with Gasteiger partial charge < -0.3 is 10.3 Å². The number of rotatable bonds is 7. The number of aromatic nitrogens is 2. The fourth-order valence-corrected chi connectivity index (χ4v) is 3.19. The van der Waals surface area contributed by atoms with Gasteiger partial charge in [-0.05, 0) is 37.5 Å². The maximum Gasteiger partial charge on any atom is 0.227 e. The standard InChI is InChI=1S/C13H19N3OS2/c1-13(2,14)9-18-7-4-6-11-15-12(16-17-11)10-5-3-8-19-10/h3,5,8H,4,6-7,9,14H2,1-2H3. The molecular weight excluding hydrogens is 278 g/mol. The maximum atomic E-state index is 5.93. The molecule has 2 aromatic rings. The molecule has 0 amide bonds. The van der Waals surface area contributed by atoms with Crippen molar-refractivity contribution in [2.45, 2.75) is 32.2 Å². The Bertz CT molecular complexity index is 488. The van der Waals surface area contributed by atoms with Crippen LogP contribution >= 0.6 is 23.1 Å². The molecule has 19 heavy (non-hydrogen) atoms. The minimum absolute atomic E-state index is 0.0957. The molecule has 0 unspecified atom stereocenters. The van der Waals surface area contributed by atoms with Gasteiger partial charge in [-0.3, -0.25) is 0 Å². The third-order valence-electron chi connectivity index (χ3n) is 2.36. The molecule has 6 heteroatoms. The van der Waals surface area contributed by atoms with Gasteiger partial charge >= 0.3 is 0 Å². The van der Waals surface area contributed by atoms with Gasteiger partial charge in [-0.25, -0.2) is 0 Å². The molecule has 0 bridgehead atoms. The van der Waals surface area contributed by atoms with Crippen LogP contribution in [0.1, 0.15) is 26.2 Å². The summed E-state index contributed by atoms with van der Waals surface area (Å²) in [6.07, 6.45) is 1.86. The van der Waals surface area contributed by atoms with Gasteiger partial charge in [0.25, 0.3) is 0 Å². The first-order valence-corrected chi connectivity index (χ1v) is 8.31. The molecular formula is C13H19N3OS2. The van der Waals surface area contributed by atoms with E-state index >= 15 is 0 Å². The normalized spacial score (nSPS) is 11.9. The van der Waals surface area contributed by atoms with Crippen molar-refractivity contribution < 1.29 is 4.52 Å². The van der Waals surface area contributed by atoms with Gasteiger partial charge in [-0.2, -0.15) is 16.7 Å². The summed E-state index contributed by atoms with van der Waals surface area (Å²) in [5.41, 5.74) is 5.83. The van der Waals surface area contributed by atoms with Crippen LogP contribution in [0, 0.1) is 0 Å². The first kappa shape index (κ1) is 14.6. The lowest BCUT2D eigenvalue weighted by atomic mass is 10.1. The van der Waals surface area contributed by atoms with Gasteiger partial charge in [-0.15, -0.1) is 11.3 Å². The van der Waals surface area contributed by atoms with E-state index in [9.17, 15) is 0 Å². The van der Waals surface area contributed by atoms with Crippen molar-refractivity contribution in [1.29, 1.82) is 0 Å². The van der Waals surface area contributed by atoms with Crippen LogP contribution in [-0.2, 0) is 6.42 Å². The van der Waals surface area contributed by atoms with Gasteiger partial charge in [0.1, 0.15) is 0 Å². The molecule has 0 atom stereocenters. The van der Waals surface area contributed by atoms with E-state index in [1.54, 1.807) is 11.3 Å². The minimum atomic E-state index is -0.0957. The molecule has 0 fully saturated rings. The summed E-state index contributed by atoms with van der Waals surface area (Å²) in [5.74, 6) is 3.45. The second-order valence-corrected chi connectivity index (χ2v) is 7.19. The van der Waals surface area contributed by atoms with Crippen LogP contribution in [0.15, 0.2) is 22.0 Å². The van der Waals surface area contributed by atoms with Gasteiger partial charge in [0.2, 0.25) is 11.7 Å². The molecule has 104 valence electrons. The molecule has 2 heterocycles. The third-order valence-corrected chi connectivity index (χ3v) is 4.75. The molecule has 0 saturated carbocycles. The van der Waals surface area contributed by atoms with Crippen molar-refractivity contribution in [3.8, 4) is 10.7 Å². The fraction of sp³-hybridized carbons (Fsp3) is 0.538. The molecule has 4 nitrogen and oxygen atoms in total. The Morgan fingerprint density at radius 3 is 3.00 bits per heavy atom. The maximum absolute atomic E-state index is 5.93. The van der Waals surface area contributed by atoms with Crippen molar-refractivity contribution >= 4 is 23.1 Å². The molecule has 0 radical (unpaired) electrons. The second-order valence-electron chi connectivity index (χ2n) is 5.13. The van der Waals surface area contributed by atoms with Crippen LogP contribution in [-0.4, -0.2) is 27.2 Å². The zero-order chi connectivity index (χ0) is 13.7. The quantitative estimate of drug-likeness (QED) is 0.795. The summed E-state index contributed by atoms with van der Waals surface area (Å²) in [7, 11) is 0. The van der Waals surface area contributed by atoms with Crippen LogP contribution in [0.25, 0.3) is 10.7 Å². The van der Waals surface area contributed by atoms with Crippen LogP contribution in [0.4, 0.5) is 0 Å². The molecule has 0 aliphatic carbocycles. The Balaban J connectivity index is 1.72. The van der Waals surface area contributed by atoms with Crippen LogP contribution in [0.3, 0.4) is 0 Å².